The summed E-state index contributed by atoms with van der Waals surface area (Å²) < 4.78 is 0. The Labute approximate surface area is 201 Å². The number of nitrogens with one attached hydrogen (secondary N) is 1. The van der Waals surface area contributed by atoms with Crippen LogP contribution in [-0.4, -0.2) is 45.3 Å². The number of nitrogens with zero attached hydrogens (tertiary/aromatic N) is 3. The maximum Gasteiger partial charge on any atom is 0.233 e. The van der Waals surface area contributed by atoms with Gasteiger partial charge in [0.1, 0.15) is 5.01 Å². The number of hydrogen-bond donors (Lipinski definition) is 1. The van der Waals surface area contributed by atoms with Crippen LogP contribution in [0.5, 0.6) is 0 Å². The molecule has 0 saturated heterocycles. The smallest absolute Gasteiger partial charge is 0.233 e. The highest BCUT2D eigenvalue weighted by Crippen LogP contribution is 2.28. The van der Waals surface area contributed by atoms with Crippen LogP contribution < -0.4 is 5.32 Å². The fraction of sp³-hybridized carbons (Fsp3) is 0.304. The molecular formula is C23H25ClN4O2S2. The van der Waals surface area contributed by atoms with E-state index in [0.717, 1.165) is 16.9 Å². The van der Waals surface area contributed by atoms with E-state index in [1.165, 1.54) is 23.1 Å². The molecule has 6 nitrogen and oxygen atoms in total. The summed E-state index contributed by atoms with van der Waals surface area (Å²) in [7, 11) is 0. The number of anilines is 1. The first-order chi connectivity index (χ1) is 15.5. The van der Waals surface area contributed by atoms with Crippen molar-refractivity contribution in [3.8, 4) is 10.6 Å². The molecule has 0 fully saturated rings. The lowest BCUT2D eigenvalue weighted by molar-refractivity contribution is -0.130. The summed E-state index contributed by atoms with van der Waals surface area (Å²) in [6.45, 7) is 4.40. The Morgan fingerprint density at radius 1 is 1.16 bits per heavy atom. The van der Waals surface area contributed by atoms with E-state index in [-0.39, 0.29) is 24.3 Å². The Morgan fingerprint density at radius 3 is 2.66 bits per heavy atom. The predicted molar refractivity (Wildman–Crippen MR) is 132 cm³/mol. The van der Waals surface area contributed by atoms with Gasteiger partial charge in [0.15, 0.2) is 0 Å². The first-order valence-corrected chi connectivity index (χ1v) is 12.5. The number of amides is 2. The molecule has 1 aromatic heterocycles. The Kier molecular flexibility index (Phi) is 9.08. The standard InChI is InChI=1S/C23H25ClN4O2S2/c1-3-16(2)28(21(30)15-31-19-10-5-4-6-11-19)13-12-20(29)25-23-27-26-22(32-23)17-8-7-9-18(24)14-17/h4-11,14,16H,3,12-13,15H2,1-2H3,(H,25,27,29). The summed E-state index contributed by atoms with van der Waals surface area (Å²) in [5.74, 6) is 0.172. The van der Waals surface area contributed by atoms with E-state index in [0.29, 0.717) is 27.5 Å². The molecule has 1 unspecified atom stereocenters. The average Bonchev–Trinajstić information content (AvgIpc) is 3.26. The maximum atomic E-state index is 12.8. The van der Waals surface area contributed by atoms with Crippen LogP contribution in [0.15, 0.2) is 59.5 Å². The Balaban J connectivity index is 1.54. The van der Waals surface area contributed by atoms with Crippen LogP contribution in [0.2, 0.25) is 5.02 Å². The molecule has 1 atom stereocenters. The summed E-state index contributed by atoms with van der Waals surface area (Å²) in [5, 5.41) is 12.7. The fourth-order valence-corrected chi connectivity index (χ4v) is 4.72. The quantitative estimate of drug-likeness (QED) is 0.375. The summed E-state index contributed by atoms with van der Waals surface area (Å²) in [6.07, 6.45) is 1.01. The fourth-order valence-electron chi connectivity index (χ4n) is 2.97. The minimum absolute atomic E-state index is 0.0279. The van der Waals surface area contributed by atoms with Gasteiger partial charge in [-0.3, -0.25) is 9.59 Å². The van der Waals surface area contributed by atoms with Gasteiger partial charge in [0, 0.05) is 34.5 Å². The van der Waals surface area contributed by atoms with Crippen LogP contribution in [0.3, 0.4) is 0 Å². The molecule has 1 N–H and O–H groups in total. The highest BCUT2D eigenvalue weighted by atomic mass is 35.5. The van der Waals surface area contributed by atoms with Crippen LogP contribution in [0.4, 0.5) is 5.13 Å². The number of rotatable bonds is 10. The van der Waals surface area contributed by atoms with E-state index in [1.54, 1.807) is 17.0 Å². The van der Waals surface area contributed by atoms with E-state index in [1.807, 2.05) is 56.3 Å². The molecular weight excluding hydrogens is 464 g/mol. The third-order valence-corrected chi connectivity index (χ3v) is 6.99. The van der Waals surface area contributed by atoms with Gasteiger partial charge in [0.25, 0.3) is 0 Å². The summed E-state index contributed by atoms with van der Waals surface area (Å²) in [4.78, 5) is 28.1. The van der Waals surface area contributed by atoms with Gasteiger partial charge in [-0.2, -0.15) is 0 Å². The number of carbonyl (C=O) groups excluding carboxylic acids is 2. The zero-order chi connectivity index (χ0) is 22.9. The third kappa shape index (κ3) is 7.05. The highest BCUT2D eigenvalue weighted by molar-refractivity contribution is 8.00. The molecule has 2 aromatic carbocycles. The van der Waals surface area contributed by atoms with E-state index < -0.39 is 0 Å². The topological polar surface area (TPSA) is 75.2 Å². The van der Waals surface area contributed by atoms with Gasteiger partial charge in [0.05, 0.1) is 5.75 Å². The monoisotopic (exact) mass is 488 g/mol. The zero-order valence-corrected chi connectivity index (χ0v) is 20.3. The van der Waals surface area contributed by atoms with Gasteiger partial charge in [-0.05, 0) is 37.6 Å². The SMILES string of the molecule is CCC(C)N(CCC(=O)Nc1nnc(-c2cccc(Cl)c2)s1)C(=O)CSc1ccccc1. The van der Waals surface area contributed by atoms with Crippen LogP contribution in [0.1, 0.15) is 26.7 Å². The van der Waals surface area contributed by atoms with E-state index >= 15 is 0 Å². The lowest BCUT2D eigenvalue weighted by atomic mass is 10.2. The first kappa shape index (κ1) is 24.2. The molecule has 3 aromatic rings. The minimum atomic E-state index is -0.199. The number of benzene rings is 2. The average molecular weight is 489 g/mol. The van der Waals surface area contributed by atoms with Gasteiger partial charge in [-0.1, -0.05) is 60.2 Å². The normalized spacial score (nSPS) is 11.7. The Hall–Kier alpha value is -2.42. The molecule has 0 bridgehead atoms. The number of hydrogen-bond acceptors (Lipinski definition) is 6. The number of thioether (sulfide) groups is 1. The van der Waals surface area contributed by atoms with Gasteiger partial charge in [-0.25, -0.2) is 0 Å². The van der Waals surface area contributed by atoms with Crippen molar-refractivity contribution in [2.24, 2.45) is 0 Å². The van der Waals surface area contributed by atoms with Gasteiger partial charge < -0.3 is 10.2 Å². The molecule has 0 aliphatic heterocycles. The van der Waals surface area contributed by atoms with Crippen LogP contribution >= 0.6 is 34.7 Å². The molecule has 9 heteroatoms. The molecule has 0 aliphatic rings. The Morgan fingerprint density at radius 2 is 1.94 bits per heavy atom. The van der Waals surface area contributed by atoms with E-state index in [9.17, 15) is 9.59 Å². The number of carbonyl (C=O) groups is 2. The van der Waals surface area contributed by atoms with Gasteiger partial charge in [0.2, 0.25) is 16.9 Å². The molecule has 3 rings (SSSR count). The van der Waals surface area contributed by atoms with E-state index in [4.69, 9.17) is 11.6 Å². The molecule has 1 heterocycles. The third-order valence-electron chi connectivity index (χ3n) is 4.87. The van der Waals surface area contributed by atoms with E-state index in [2.05, 4.69) is 15.5 Å². The van der Waals surface area contributed by atoms with Crippen LogP contribution in [0, 0.1) is 0 Å². The molecule has 0 saturated carbocycles. The lowest BCUT2D eigenvalue weighted by Gasteiger charge is -2.28. The van der Waals surface area contributed by atoms with Crippen molar-refractivity contribution < 1.29 is 9.59 Å². The summed E-state index contributed by atoms with van der Waals surface area (Å²) in [6, 6.07) is 17.2. The molecule has 2 amide bonds. The molecule has 168 valence electrons. The second-order valence-corrected chi connectivity index (χ2v) is 9.63. The minimum Gasteiger partial charge on any atom is -0.339 e. The molecule has 0 aliphatic carbocycles. The number of halogens is 1. The van der Waals surface area contributed by atoms with Gasteiger partial charge >= 0.3 is 0 Å². The maximum absolute atomic E-state index is 12.8. The second kappa shape index (κ2) is 12.0. The van der Waals surface area contributed by atoms with Crippen LogP contribution in [-0.2, 0) is 9.59 Å². The lowest BCUT2D eigenvalue weighted by Crippen LogP contribution is -2.41. The molecule has 0 spiro atoms. The molecule has 0 radical (unpaired) electrons. The van der Waals surface area contributed by atoms with Crippen molar-refractivity contribution in [1.29, 1.82) is 0 Å². The second-order valence-electron chi connectivity index (χ2n) is 7.17. The van der Waals surface area contributed by atoms with Crippen molar-refractivity contribution in [3.05, 3.63) is 59.6 Å². The van der Waals surface area contributed by atoms with Crippen LogP contribution in [0.25, 0.3) is 10.6 Å². The van der Waals surface area contributed by atoms with Gasteiger partial charge in [-0.15, -0.1) is 22.0 Å². The zero-order valence-electron chi connectivity index (χ0n) is 18.0. The summed E-state index contributed by atoms with van der Waals surface area (Å²) in [5.41, 5.74) is 0.847. The van der Waals surface area contributed by atoms with Crippen molar-refractivity contribution >= 4 is 51.6 Å². The van der Waals surface area contributed by atoms with Crippen molar-refractivity contribution in [2.45, 2.75) is 37.6 Å². The Bertz CT molecular complexity index is 1050. The predicted octanol–water partition coefficient (Wildman–Crippen LogP) is 5.61. The summed E-state index contributed by atoms with van der Waals surface area (Å²) >= 11 is 8.82. The number of aromatic nitrogens is 2. The molecule has 32 heavy (non-hydrogen) atoms. The van der Waals surface area contributed by atoms with Crippen molar-refractivity contribution in [2.75, 3.05) is 17.6 Å². The van der Waals surface area contributed by atoms with Crippen molar-refractivity contribution in [3.63, 3.8) is 0 Å². The largest absolute Gasteiger partial charge is 0.339 e. The highest BCUT2D eigenvalue weighted by Gasteiger charge is 2.20. The first-order valence-electron chi connectivity index (χ1n) is 10.3. The van der Waals surface area contributed by atoms with Crippen molar-refractivity contribution in [1.82, 2.24) is 15.1 Å².